The molecule has 13 heteroatoms. The molecule has 3 N–H and O–H groups in total. The Morgan fingerprint density at radius 1 is 1.22 bits per heavy atom. The van der Waals surface area contributed by atoms with Crippen LogP contribution in [0.4, 0.5) is 24.5 Å². The highest BCUT2D eigenvalue weighted by Gasteiger charge is 2.36. The smallest absolute Gasteiger partial charge is 0.370 e. The van der Waals surface area contributed by atoms with Crippen LogP contribution in [-0.4, -0.2) is 56.6 Å². The number of rotatable bonds is 9. The number of amides is 3. The summed E-state index contributed by atoms with van der Waals surface area (Å²) in [6.07, 6.45) is -2.78. The molecule has 2 heterocycles. The first-order valence-corrected chi connectivity index (χ1v) is 12.5. The molecule has 36 heavy (non-hydrogen) atoms. The monoisotopic (exact) mass is 544 g/mol. The van der Waals surface area contributed by atoms with Crippen molar-refractivity contribution in [3.05, 3.63) is 45.1 Å². The Kier molecular flexibility index (Phi) is 8.18. The minimum atomic E-state index is -4.78. The van der Waals surface area contributed by atoms with Gasteiger partial charge in [-0.3, -0.25) is 14.4 Å². The lowest BCUT2D eigenvalue weighted by Crippen LogP contribution is -2.49. The van der Waals surface area contributed by atoms with Crippen LogP contribution >= 0.6 is 22.9 Å². The fourth-order valence-electron chi connectivity index (χ4n) is 3.66. The second kappa shape index (κ2) is 11.2. The van der Waals surface area contributed by atoms with E-state index >= 15 is 0 Å². The number of nitrogens with one attached hydrogen (secondary N) is 3. The summed E-state index contributed by atoms with van der Waals surface area (Å²) in [5.41, 5.74) is -1.45. The molecule has 0 bridgehead atoms. The minimum absolute atomic E-state index is 0.0684. The van der Waals surface area contributed by atoms with Crippen LogP contribution in [0.3, 0.4) is 0 Å². The number of ether oxygens (including phenoxy) is 1. The van der Waals surface area contributed by atoms with Gasteiger partial charge in [-0.2, -0.15) is 13.2 Å². The molecular formula is C23H24ClF3N4O4S. The third-order valence-corrected chi connectivity index (χ3v) is 7.02. The maximum Gasteiger partial charge on any atom is 0.418 e. The van der Waals surface area contributed by atoms with Crippen molar-refractivity contribution in [2.75, 3.05) is 43.1 Å². The van der Waals surface area contributed by atoms with Gasteiger partial charge in [0.2, 0.25) is 5.91 Å². The summed E-state index contributed by atoms with van der Waals surface area (Å²) in [5, 5.41) is 8.03. The lowest BCUT2D eigenvalue weighted by Gasteiger charge is -2.28. The van der Waals surface area contributed by atoms with Gasteiger partial charge in [0.15, 0.2) is 0 Å². The topological polar surface area (TPSA) is 99.8 Å². The number of hydrogen-bond donors (Lipinski definition) is 3. The molecule has 2 aliphatic rings. The molecule has 1 aromatic carbocycles. The van der Waals surface area contributed by atoms with Crippen molar-refractivity contribution in [3.8, 4) is 0 Å². The number of carbonyl (C=O) groups excluding carboxylic acids is 3. The number of thiophene rings is 1. The fraction of sp³-hybridized carbons (Fsp3) is 0.435. The number of halogens is 4. The molecule has 1 saturated heterocycles. The second-order valence-electron chi connectivity index (χ2n) is 8.53. The summed E-state index contributed by atoms with van der Waals surface area (Å²) in [4.78, 5) is 39.1. The lowest BCUT2D eigenvalue weighted by atomic mass is 10.1. The first kappa shape index (κ1) is 26.4. The largest absolute Gasteiger partial charge is 0.418 e. The third-order valence-electron chi connectivity index (χ3n) is 5.79. The third kappa shape index (κ3) is 6.75. The van der Waals surface area contributed by atoms with Crippen molar-refractivity contribution in [2.24, 2.45) is 5.92 Å². The van der Waals surface area contributed by atoms with Gasteiger partial charge in [0.25, 0.3) is 11.8 Å². The number of alkyl halides is 3. The zero-order valence-corrected chi connectivity index (χ0v) is 20.6. The van der Waals surface area contributed by atoms with Crippen LogP contribution in [0.5, 0.6) is 0 Å². The van der Waals surface area contributed by atoms with Crippen LogP contribution in [0, 0.1) is 5.92 Å². The molecule has 1 saturated carbocycles. The highest BCUT2D eigenvalue weighted by molar-refractivity contribution is 7.18. The Bertz CT molecular complexity index is 1140. The van der Waals surface area contributed by atoms with Crippen molar-refractivity contribution < 1.29 is 32.3 Å². The highest BCUT2D eigenvalue weighted by atomic mass is 35.5. The number of nitrogens with zero attached hydrogens (tertiary/aromatic N) is 1. The van der Waals surface area contributed by atoms with Crippen LogP contribution in [0.25, 0.3) is 0 Å². The summed E-state index contributed by atoms with van der Waals surface area (Å²) in [7, 11) is 0. The average molecular weight is 545 g/mol. The molecule has 1 aliphatic carbocycles. The number of anilines is 2. The van der Waals surface area contributed by atoms with Crippen LogP contribution < -0.4 is 20.9 Å². The number of carbonyl (C=O) groups is 3. The Balaban J connectivity index is 1.49. The van der Waals surface area contributed by atoms with Crippen LogP contribution in [0.2, 0.25) is 4.34 Å². The van der Waals surface area contributed by atoms with E-state index < -0.39 is 41.2 Å². The molecule has 194 valence electrons. The normalized spacial score (nSPS) is 17.1. The summed E-state index contributed by atoms with van der Waals surface area (Å²) in [6.45, 7) is 0.503. The number of benzene rings is 1. The van der Waals surface area contributed by atoms with E-state index in [4.69, 9.17) is 16.3 Å². The van der Waals surface area contributed by atoms with E-state index in [0.717, 1.165) is 36.3 Å². The first-order chi connectivity index (χ1) is 17.1. The molecule has 1 atom stereocenters. The second-order valence-corrected chi connectivity index (χ2v) is 10.2. The summed E-state index contributed by atoms with van der Waals surface area (Å²) in [6, 6.07) is 5.47. The first-order valence-electron chi connectivity index (χ1n) is 11.3. The quantitative estimate of drug-likeness (QED) is 0.449. The Labute approximate surface area is 214 Å². The molecule has 1 aromatic heterocycles. The molecule has 1 aliphatic heterocycles. The predicted molar refractivity (Wildman–Crippen MR) is 129 cm³/mol. The molecule has 2 aromatic rings. The molecule has 0 radical (unpaired) electrons. The number of morpholine rings is 1. The van der Waals surface area contributed by atoms with Gasteiger partial charge in [-0.25, -0.2) is 0 Å². The van der Waals surface area contributed by atoms with E-state index in [0.29, 0.717) is 21.7 Å². The summed E-state index contributed by atoms with van der Waals surface area (Å²) >= 11 is 6.94. The van der Waals surface area contributed by atoms with Gasteiger partial charge in [-0.15, -0.1) is 11.3 Å². The summed E-state index contributed by atoms with van der Waals surface area (Å²) < 4.78 is 47.1. The van der Waals surface area contributed by atoms with Gasteiger partial charge in [-0.1, -0.05) is 11.6 Å². The Morgan fingerprint density at radius 2 is 2.00 bits per heavy atom. The van der Waals surface area contributed by atoms with E-state index in [-0.39, 0.29) is 32.0 Å². The molecule has 0 spiro atoms. The molecule has 4 rings (SSSR count). The van der Waals surface area contributed by atoms with Gasteiger partial charge in [0.05, 0.1) is 27.1 Å². The molecule has 0 unspecified atom stereocenters. The van der Waals surface area contributed by atoms with Crippen LogP contribution in [-0.2, 0) is 20.5 Å². The SMILES string of the molecule is O=C(NC[C@H](NCC1CC1)C(=O)Nc1ccc(N2CCOCC2=O)cc1C(F)(F)F)c1ccc(Cl)s1. The molecule has 2 fully saturated rings. The van der Waals surface area contributed by atoms with Crippen molar-refractivity contribution in [2.45, 2.75) is 25.1 Å². The molecular weight excluding hydrogens is 521 g/mol. The van der Waals surface area contributed by atoms with Gasteiger partial charge in [0, 0.05) is 18.8 Å². The van der Waals surface area contributed by atoms with Gasteiger partial charge in [0.1, 0.15) is 12.6 Å². The number of hydrogen-bond acceptors (Lipinski definition) is 6. The predicted octanol–water partition coefficient (Wildman–Crippen LogP) is 3.52. The maximum absolute atomic E-state index is 13.9. The molecule has 8 nitrogen and oxygen atoms in total. The van der Waals surface area contributed by atoms with Crippen LogP contribution in [0.15, 0.2) is 30.3 Å². The van der Waals surface area contributed by atoms with Crippen LogP contribution in [0.1, 0.15) is 28.1 Å². The zero-order chi connectivity index (χ0) is 25.9. The molecule has 3 amide bonds. The van der Waals surface area contributed by atoms with E-state index in [1.807, 2.05) is 0 Å². The zero-order valence-electron chi connectivity index (χ0n) is 19.0. The standard InChI is InChI=1S/C23H24ClF3N4O4S/c24-19-6-5-18(36-19)22(34)29-11-17(28-10-13-1-2-13)21(33)30-16-4-3-14(9-15(16)23(25,26)27)31-7-8-35-12-20(31)32/h3-6,9,13,17,28H,1-2,7-8,10-12H2,(H,29,34)(H,30,33)/t17-/m0/s1. The van der Waals surface area contributed by atoms with Gasteiger partial charge in [-0.05, 0) is 55.6 Å². The lowest BCUT2D eigenvalue weighted by molar-refractivity contribution is -0.137. The highest BCUT2D eigenvalue weighted by Crippen LogP contribution is 2.37. The van der Waals surface area contributed by atoms with E-state index in [1.165, 1.54) is 11.0 Å². The van der Waals surface area contributed by atoms with Crippen molar-refractivity contribution in [1.82, 2.24) is 10.6 Å². The maximum atomic E-state index is 13.9. The van der Waals surface area contributed by atoms with Crippen molar-refractivity contribution in [3.63, 3.8) is 0 Å². The average Bonchev–Trinajstić information content (AvgIpc) is 3.56. The van der Waals surface area contributed by atoms with E-state index in [9.17, 15) is 27.6 Å². The Hall–Kier alpha value is -2.67. The summed E-state index contributed by atoms with van der Waals surface area (Å²) in [5.74, 6) is -1.21. The van der Waals surface area contributed by atoms with E-state index in [1.54, 1.807) is 12.1 Å². The van der Waals surface area contributed by atoms with Gasteiger partial charge < -0.3 is 25.6 Å². The Morgan fingerprint density at radius 3 is 2.64 bits per heavy atom. The van der Waals surface area contributed by atoms with Crippen molar-refractivity contribution >= 4 is 52.0 Å². The van der Waals surface area contributed by atoms with Gasteiger partial charge >= 0.3 is 6.18 Å². The minimum Gasteiger partial charge on any atom is -0.370 e. The van der Waals surface area contributed by atoms with E-state index in [2.05, 4.69) is 16.0 Å². The fourth-order valence-corrected chi connectivity index (χ4v) is 4.62. The van der Waals surface area contributed by atoms with Crippen molar-refractivity contribution in [1.29, 1.82) is 0 Å².